The van der Waals surface area contributed by atoms with Gasteiger partial charge in [-0.15, -0.1) is 5.10 Å². The van der Waals surface area contributed by atoms with E-state index in [1.54, 1.807) is 0 Å². The first-order valence-corrected chi connectivity index (χ1v) is 5.62. The first-order chi connectivity index (χ1) is 8.24. The molecule has 0 aliphatic carbocycles. The molecule has 2 rings (SSSR count). The van der Waals surface area contributed by atoms with Gasteiger partial charge in [0.15, 0.2) is 0 Å². The number of hydrogen-bond acceptors (Lipinski definition) is 5. The van der Waals surface area contributed by atoms with Gasteiger partial charge in [-0.3, -0.25) is 0 Å². The molecule has 1 aromatic heterocycles. The van der Waals surface area contributed by atoms with E-state index in [-0.39, 0.29) is 6.54 Å². The zero-order valence-electron chi connectivity index (χ0n) is 10.0. The van der Waals surface area contributed by atoms with Crippen molar-refractivity contribution in [1.82, 2.24) is 10.2 Å². The molecular weight excluding hydrogens is 216 g/mol. The maximum atomic E-state index is 5.42. The van der Waals surface area contributed by atoms with Crippen molar-refractivity contribution in [2.24, 2.45) is 5.73 Å². The van der Waals surface area contributed by atoms with Crippen LogP contribution in [-0.2, 0) is 13.0 Å². The molecule has 1 heterocycles. The summed E-state index contributed by atoms with van der Waals surface area (Å²) < 4.78 is 5.33. The van der Waals surface area contributed by atoms with Crippen LogP contribution in [0.3, 0.4) is 0 Å². The summed E-state index contributed by atoms with van der Waals surface area (Å²) in [5, 5.41) is 10.9. The van der Waals surface area contributed by atoms with Crippen LogP contribution in [0.15, 0.2) is 22.6 Å². The minimum Gasteiger partial charge on any atom is -0.406 e. The number of hydrogen-bond donors (Lipinski definition) is 2. The van der Waals surface area contributed by atoms with Gasteiger partial charge in [0.05, 0.1) is 6.54 Å². The van der Waals surface area contributed by atoms with Crippen molar-refractivity contribution < 1.29 is 4.42 Å². The predicted molar refractivity (Wildman–Crippen MR) is 66.0 cm³/mol. The Morgan fingerprint density at radius 1 is 1.35 bits per heavy atom. The van der Waals surface area contributed by atoms with Crippen LogP contribution >= 0.6 is 0 Å². The number of benzene rings is 1. The molecule has 5 nitrogen and oxygen atoms in total. The summed E-state index contributed by atoms with van der Waals surface area (Å²) >= 11 is 0. The van der Waals surface area contributed by atoms with Crippen molar-refractivity contribution in [3.05, 3.63) is 35.2 Å². The summed E-state index contributed by atoms with van der Waals surface area (Å²) in [6.45, 7) is 4.41. The van der Waals surface area contributed by atoms with Crippen LogP contribution < -0.4 is 11.1 Å². The zero-order chi connectivity index (χ0) is 12.3. The summed E-state index contributed by atoms with van der Waals surface area (Å²) in [6.07, 6.45) is 0.946. The number of para-hydroxylation sites is 1. The topological polar surface area (TPSA) is 77.0 Å². The normalized spacial score (nSPS) is 10.5. The molecule has 90 valence electrons. The fraction of sp³-hybridized carbons (Fsp3) is 0.333. The molecule has 5 heteroatoms. The summed E-state index contributed by atoms with van der Waals surface area (Å²) in [4.78, 5) is 0. The van der Waals surface area contributed by atoms with Gasteiger partial charge in [0, 0.05) is 5.69 Å². The van der Waals surface area contributed by atoms with Crippen LogP contribution in [0.2, 0.25) is 0 Å². The molecule has 0 aliphatic rings. The van der Waals surface area contributed by atoms with Crippen molar-refractivity contribution in [2.45, 2.75) is 26.8 Å². The summed E-state index contributed by atoms with van der Waals surface area (Å²) in [5.74, 6) is 0.430. The number of aryl methyl sites for hydroxylation is 2. The monoisotopic (exact) mass is 232 g/mol. The highest BCUT2D eigenvalue weighted by atomic mass is 16.4. The Labute approximate surface area is 100 Å². The Kier molecular flexibility index (Phi) is 3.39. The summed E-state index contributed by atoms with van der Waals surface area (Å²) in [6, 6.07) is 6.55. The first kappa shape index (κ1) is 11.6. The molecular formula is C12H16N4O. The second-order valence-electron chi connectivity index (χ2n) is 3.79. The minimum absolute atomic E-state index is 0.253. The number of rotatable bonds is 4. The van der Waals surface area contributed by atoms with Gasteiger partial charge in [0.2, 0.25) is 5.89 Å². The van der Waals surface area contributed by atoms with Crippen molar-refractivity contribution in [2.75, 3.05) is 5.32 Å². The highest BCUT2D eigenvalue weighted by molar-refractivity contribution is 5.62. The van der Waals surface area contributed by atoms with Gasteiger partial charge >= 0.3 is 6.01 Å². The molecule has 0 fully saturated rings. The predicted octanol–water partition coefficient (Wildman–Crippen LogP) is 2.14. The number of nitrogens with one attached hydrogen (secondary N) is 1. The lowest BCUT2D eigenvalue weighted by Crippen LogP contribution is -1.98. The van der Waals surface area contributed by atoms with E-state index >= 15 is 0 Å². The molecule has 0 spiro atoms. The van der Waals surface area contributed by atoms with Crippen molar-refractivity contribution >= 4 is 11.7 Å². The van der Waals surface area contributed by atoms with Crippen LogP contribution in [0.25, 0.3) is 0 Å². The van der Waals surface area contributed by atoms with E-state index in [1.165, 1.54) is 5.56 Å². The number of anilines is 2. The Hall–Kier alpha value is -1.88. The van der Waals surface area contributed by atoms with E-state index in [4.69, 9.17) is 10.2 Å². The van der Waals surface area contributed by atoms with Crippen LogP contribution in [0.5, 0.6) is 0 Å². The Morgan fingerprint density at radius 3 is 2.82 bits per heavy atom. The van der Waals surface area contributed by atoms with Crippen molar-refractivity contribution in [3.63, 3.8) is 0 Å². The molecule has 0 radical (unpaired) electrons. The highest BCUT2D eigenvalue weighted by Gasteiger charge is 2.09. The van der Waals surface area contributed by atoms with Gasteiger partial charge in [-0.25, -0.2) is 0 Å². The number of nitrogens with zero attached hydrogens (tertiary/aromatic N) is 2. The van der Waals surface area contributed by atoms with Crippen LogP contribution in [0, 0.1) is 6.92 Å². The van der Waals surface area contributed by atoms with Crippen LogP contribution in [0.1, 0.15) is 23.9 Å². The molecule has 2 aromatic rings. The van der Waals surface area contributed by atoms with Gasteiger partial charge < -0.3 is 15.5 Å². The Morgan fingerprint density at radius 2 is 2.18 bits per heavy atom. The average molecular weight is 232 g/mol. The van der Waals surface area contributed by atoms with Gasteiger partial charge in [0.1, 0.15) is 0 Å². The Balaban J connectivity index is 2.28. The fourth-order valence-electron chi connectivity index (χ4n) is 1.70. The maximum Gasteiger partial charge on any atom is 0.320 e. The molecule has 0 amide bonds. The molecule has 0 bridgehead atoms. The molecule has 0 atom stereocenters. The molecule has 3 N–H and O–H groups in total. The smallest absolute Gasteiger partial charge is 0.320 e. The largest absolute Gasteiger partial charge is 0.406 e. The molecule has 1 aromatic carbocycles. The lowest BCUT2D eigenvalue weighted by atomic mass is 10.1. The summed E-state index contributed by atoms with van der Waals surface area (Å²) in [5.41, 5.74) is 8.82. The van der Waals surface area contributed by atoms with E-state index in [9.17, 15) is 0 Å². The first-order valence-electron chi connectivity index (χ1n) is 5.62. The van der Waals surface area contributed by atoms with E-state index in [1.807, 2.05) is 19.1 Å². The minimum atomic E-state index is 0.253. The van der Waals surface area contributed by atoms with Crippen LogP contribution in [-0.4, -0.2) is 10.2 Å². The fourth-order valence-corrected chi connectivity index (χ4v) is 1.70. The molecule has 0 saturated heterocycles. The quantitative estimate of drug-likeness (QED) is 0.844. The lowest BCUT2D eigenvalue weighted by Gasteiger charge is -2.10. The van der Waals surface area contributed by atoms with E-state index < -0.39 is 0 Å². The third-order valence-electron chi connectivity index (χ3n) is 2.61. The standard InChI is InChI=1S/C12H16N4O/c1-3-9-6-4-5-8(2)11(9)14-12-16-15-10(7-13)17-12/h4-6H,3,7,13H2,1-2H3,(H,14,16). The van der Waals surface area contributed by atoms with Gasteiger partial charge in [0.25, 0.3) is 0 Å². The molecule has 0 unspecified atom stereocenters. The SMILES string of the molecule is CCc1cccc(C)c1Nc1nnc(CN)o1. The van der Waals surface area contributed by atoms with E-state index in [0.717, 1.165) is 17.7 Å². The van der Waals surface area contributed by atoms with Crippen molar-refractivity contribution in [1.29, 1.82) is 0 Å². The molecule has 0 saturated carbocycles. The third kappa shape index (κ3) is 2.45. The lowest BCUT2D eigenvalue weighted by molar-refractivity contribution is 0.511. The second-order valence-corrected chi connectivity index (χ2v) is 3.79. The number of aromatic nitrogens is 2. The third-order valence-corrected chi connectivity index (χ3v) is 2.61. The molecule has 0 aliphatic heterocycles. The van der Waals surface area contributed by atoms with E-state index in [0.29, 0.717) is 11.9 Å². The van der Waals surface area contributed by atoms with Crippen molar-refractivity contribution in [3.8, 4) is 0 Å². The van der Waals surface area contributed by atoms with Gasteiger partial charge in [-0.05, 0) is 24.5 Å². The Bertz CT molecular complexity index is 507. The summed E-state index contributed by atoms with van der Waals surface area (Å²) in [7, 11) is 0. The van der Waals surface area contributed by atoms with Crippen LogP contribution in [0.4, 0.5) is 11.7 Å². The van der Waals surface area contributed by atoms with Gasteiger partial charge in [-0.2, -0.15) is 0 Å². The zero-order valence-corrected chi connectivity index (χ0v) is 10.0. The van der Waals surface area contributed by atoms with E-state index in [2.05, 4.69) is 28.5 Å². The maximum absolute atomic E-state index is 5.42. The van der Waals surface area contributed by atoms with Gasteiger partial charge in [-0.1, -0.05) is 30.2 Å². The average Bonchev–Trinajstić information content (AvgIpc) is 2.79. The second kappa shape index (κ2) is 4.97. The highest BCUT2D eigenvalue weighted by Crippen LogP contribution is 2.24. The molecule has 17 heavy (non-hydrogen) atoms. The number of nitrogens with two attached hydrogens (primary N) is 1.